The third kappa shape index (κ3) is 2.82. The molecule has 0 saturated carbocycles. The molecule has 0 aliphatic heterocycles. The van der Waals surface area contributed by atoms with Crippen LogP contribution in [0.15, 0.2) is 18.2 Å². The molecule has 0 aliphatic carbocycles. The van der Waals surface area contributed by atoms with Gasteiger partial charge >= 0.3 is 0 Å². The van der Waals surface area contributed by atoms with Crippen molar-refractivity contribution < 1.29 is 13.5 Å². The summed E-state index contributed by atoms with van der Waals surface area (Å²) in [4.78, 5) is 0. The summed E-state index contributed by atoms with van der Waals surface area (Å²) >= 11 is 0. The number of hydrogen-bond acceptors (Lipinski definition) is 2. The Balaban J connectivity index is 0.00000169. The lowest BCUT2D eigenvalue weighted by Crippen LogP contribution is -2.12. The van der Waals surface area contributed by atoms with Crippen LogP contribution in [0.2, 0.25) is 0 Å². The van der Waals surface area contributed by atoms with E-state index in [1.807, 2.05) is 0 Å². The smallest absolute Gasteiger partial charge is 0.165 e. The zero-order valence-corrected chi connectivity index (χ0v) is 8.48. The van der Waals surface area contributed by atoms with E-state index in [0.717, 1.165) is 0 Å². The molecule has 14 heavy (non-hydrogen) atoms. The van der Waals surface area contributed by atoms with Crippen LogP contribution in [-0.2, 0) is 0 Å². The molecule has 0 bridgehead atoms. The maximum Gasteiger partial charge on any atom is 0.165 e. The summed E-state index contributed by atoms with van der Waals surface area (Å²) in [6, 6.07) is 3.40. The lowest BCUT2D eigenvalue weighted by molar-refractivity contribution is 0.384. The van der Waals surface area contributed by atoms with Crippen molar-refractivity contribution >= 4 is 12.4 Å². The zero-order valence-electron chi connectivity index (χ0n) is 7.67. The van der Waals surface area contributed by atoms with Crippen LogP contribution in [0.1, 0.15) is 11.6 Å². The summed E-state index contributed by atoms with van der Waals surface area (Å²) < 4.78 is 29.9. The minimum atomic E-state index is -0.764. The minimum absolute atomic E-state index is 0. The Hall–Kier alpha value is -0.870. The second kappa shape index (κ2) is 5.78. The predicted octanol–water partition coefficient (Wildman–Crippen LogP) is 2.23. The molecule has 0 aromatic heterocycles. The Bertz CT molecular complexity index is 296. The number of rotatable bonds is 3. The lowest BCUT2D eigenvalue weighted by atomic mass is 10.1. The van der Waals surface area contributed by atoms with Crippen LogP contribution in [0.4, 0.5) is 8.78 Å². The summed E-state index contributed by atoms with van der Waals surface area (Å²) in [6.45, 7) is -0.703. The van der Waals surface area contributed by atoms with Gasteiger partial charge in [0.2, 0.25) is 0 Å². The Morgan fingerprint density at radius 2 is 2.14 bits per heavy atom. The third-order valence-electron chi connectivity index (χ3n) is 1.77. The third-order valence-corrected chi connectivity index (χ3v) is 1.77. The molecular formula is C9H12ClF2NO. The molecule has 80 valence electrons. The largest absolute Gasteiger partial charge is 0.494 e. The Morgan fingerprint density at radius 1 is 1.50 bits per heavy atom. The molecule has 1 aromatic rings. The maximum atomic E-state index is 13.0. The summed E-state index contributed by atoms with van der Waals surface area (Å²) in [5.74, 6) is -0.390. The molecular weight excluding hydrogens is 212 g/mol. The number of alkyl halides is 1. The molecule has 1 aromatic carbocycles. The van der Waals surface area contributed by atoms with Gasteiger partial charge in [-0.15, -0.1) is 12.4 Å². The number of methoxy groups -OCH3 is 1. The highest BCUT2D eigenvalue weighted by Gasteiger charge is 2.08. The van der Waals surface area contributed by atoms with Crippen molar-refractivity contribution in [3.05, 3.63) is 29.6 Å². The average Bonchev–Trinajstić information content (AvgIpc) is 2.16. The van der Waals surface area contributed by atoms with E-state index in [4.69, 9.17) is 10.5 Å². The van der Waals surface area contributed by atoms with Crippen molar-refractivity contribution in [3.63, 3.8) is 0 Å². The Kier molecular flexibility index (Phi) is 5.42. The number of ether oxygens (including phenoxy) is 1. The summed E-state index contributed by atoms with van der Waals surface area (Å²) in [6.07, 6.45) is 0. The van der Waals surface area contributed by atoms with Gasteiger partial charge in [0.15, 0.2) is 11.6 Å². The number of hydrogen-bond donors (Lipinski definition) is 1. The molecule has 2 N–H and O–H groups in total. The molecule has 5 heteroatoms. The normalized spacial score (nSPS) is 11.7. The second-order valence-electron chi connectivity index (χ2n) is 2.65. The predicted molar refractivity (Wildman–Crippen MR) is 53.1 cm³/mol. The van der Waals surface area contributed by atoms with Crippen LogP contribution in [0.5, 0.6) is 5.75 Å². The van der Waals surface area contributed by atoms with Crippen LogP contribution in [0, 0.1) is 5.82 Å². The molecule has 0 spiro atoms. The first-order valence-electron chi connectivity index (χ1n) is 3.84. The summed E-state index contributed by atoms with van der Waals surface area (Å²) in [5.41, 5.74) is 5.80. The van der Waals surface area contributed by atoms with E-state index in [1.54, 1.807) is 6.07 Å². The number of benzene rings is 1. The fraction of sp³-hybridized carbons (Fsp3) is 0.333. The van der Waals surface area contributed by atoms with Crippen LogP contribution in [0.25, 0.3) is 0 Å². The highest BCUT2D eigenvalue weighted by Crippen LogP contribution is 2.20. The van der Waals surface area contributed by atoms with E-state index >= 15 is 0 Å². The fourth-order valence-electron chi connectivity index (χ4n) is 1.00. The SMILES string of the molecule is COc1ccc([C@H](N)CF)cc1F.Cl. The van der Waals surface area contributed by atoms with Gasteiger partial charge in [-0.1, -0.05) is 6.07 Å². The zero-order chi connectivity index (χ0) is 9.84. The summed E-state index contributed by atoms with van der Waals surface area (Å²) in [7, 11) is 1.37. The molecule has 0 aliphatic rings. The van der Waals surface area contributed by atoms with Gasteiger partial charge in [0.05, 0.1) is 13.2 Å². The molecule has 1 atom stereocenters. The van der Waals surface area contributed by atoms with Crippen molar-refractivity contribution in [1.82, 2.24) is 0 Å². The minimum Gasteiger partial charge on any atom is -0.494 e. The highest BCUT2D eigenvalue weighted by molar-refractivity contribution is 5.85. The summed E-state index contributed by atoms with van der Waals surface area (Å²) in [5, 5.41) is 0. The van der Waals surface area contributed by atoms with Crippen LogP contribution >= 0.6 is 12.4 Å². The first kappa shape index (κ1) is 13.1. The Morgan fingerprint density at radius 3 is 2.57 bits per heavy atom. The molecule has 0 saturated heterocycles. The highest BCUT2D eigenvalue weighted by atomic mass is 35.5. The van der Waals surface area contributed by atoms with E-state index in [1.165, 1.54) is 19.2 Å². The monoisotopic (exact) mass is 223 g/mol. The average molecular weight is 224 g/mol. The van der Waals surface area contributed by atoms with Gasteiger partial charge in [-0.05, 0) is 17.7 Å². The number of halogens is 3. The van der Waals surface area contributed by atoms with Crippen molar-refractivity contribution in [3.8, 4) is 5.75 Å². The van der Waals surface area contributed by atoms with E-state index in [-0.39, 0.29) is 18.2 Å². The fourth-order valence-corrected chi connectivity index (χ4v) is 1.00. The standard InChI is InChI=1S/C9H11F2NO.ClH/c1-13-9-3-2-6(4-7(9)11)8(12)5-10;/h2-4,8H,5,12H2,1H3;1H/t8-;/m1./s1. The van der Waals surface area contributed by atoms with Crippen LogP contribution in [-0.4, -0.2) is 13.8 Å². The quantitative estimate of drug-likeness (QED) is 0.853. The first-order valence-corrected chi connectivity index (χ1v) is 3.84. The van der Waals surface area contributed by atoms with E-state index in [2.05, 4.69) is 0 Å². The van der Waals surface area contributed by atoms with E-state index in [0.29, 0.717) is 5.56 Å². The molecule has 0 unspecified atom stereocenters. The molecule has 2 nitrogen and oxygen atoms in total. The lowest BCUT2D eigenvalue weighted by Gasteiger charge is -2.08. The van der Waals surface area contributed by atoms with Crippen molar-refractivity contribution in [2.75, 3.05) is 13.8 Å². The molecule has 0 radical (unpaired) electrons. The van der Waals surface area contributed by atoms with Gasteiger partial charge < -0.3 is 10.5 Å². The van der Waals surface area contributed by atoms with Gasteiger partial charge in [0, 0.05) is 0 Å². The molecule has 0 fully saturated rings. The van der Waals surface area contributed by atoms with Gasteiger partial charge in [0.25, 0.3) is 0 Å². The molecule has 0 heterocycles. The molecule has 1 rings (SSSR count). The van der Waals surface area contributed by atoms with Crippen LogP contribution in [0.3, 0.4) is 0 Å². The maximum absolute atomic E-state index is 13.0. The van der Waals surface area contributed by atoms with Crippen molar-refractivity contribution in [1.29, 1.82) is 0 Å². The van der Waals surface area contributed by atoms with E-state index in [9.17, 15) is 8.78 Å². The van der Waals surface area contributed by atoms with E-state index < -0.39 is 18.5 Å². The molecule has 0 amide bonds. The Labute approximate surface area is 87.5 Å². The van der Waals surface area contributed by atoms with Gasteiger partial charge in [-0.25, -0.2) is 8.78 Å². The van der Waals surface area contributed by atoms with Gasteiger partial charge in [-0.2, -0.15) is 0 Å². The van der Waals surface area contributed by atoms with Gasteiger partial charge in [-0.3, -0.25) is 0 Å². The number of nitrogens with two attached hydrogens (primary N) is 1. The first-order chi connectivity index (χ1) is 6.19. The van der Waals surface area contributed by atoms with Crippen molar-refractivity contribution in [2.24, 2.45) is 5.73 Å². The topological polar surface area (TPSA) is 35.2 Å². The van der Waals surface area contributed by atoms with Crippen molar-refractivity contribution in [2.45, 2.75) is 6.04 Å². The second-order valence-corrected chi connectivity index (χ2v) is 2.65. The van der Waals surface area contributed by atoms with Crippen LogP contribution < -0.4 is 10.5 Å². The van der Waals surface area contributed by atoms with Gasteiger partial charge in [0.1, 0.15) is 6.67 Å².